The summed E-state index contributed by atoms with van der Waals surface area (Å²) in [6, 6.07) is 26.2. The maximum Gasteiger partial charge on any atom is 0.271 e. The second kappa shape index (κ2) is 10.0. The van der Waals surface area contributed by atoms with Gasteiger partial charge in [-0.25, -0.2) is 0 Å². The second-order valence-corrected chi connectivity index (χ2v) is 11.5. The van der Waals surface area contributed by atoms with E-state index in [1.165, 1.54) is 18.4 Å². The molecule has 1 amide bonds. The van der Waals surface area contributed by atoms with E-state index in [0.29, 0.717) is 44.3 Å². The Labute approximate surface area is 233 Å². The first-order valence-corrected chi connectivity index (χ1v) is 14.1. The number of ether oxygens (including phenoxy) is 1. The first-order chi connectivity index (χ1) is 19.5. The maximum absolute atomic E-state index is 13.7. The van der Waals surface area contributed by atoms with Crippen LogP contribution in [-0.4, -0.2) is 58.7 Å². The molecular weight excluding hydrogens is 502 g/mol. The molecule has 3 aliphatic rings. The molecule has 7 nitrogen and oxygen atoms in total. The summed E-state index contributed by atoms with van der Waals surface area (Å²) < 4.78 is 6.83. The molecule has 3 heterocycles. The highest BCUT2D eigenvalue weighted by atomic mass is 16.5. The molecule has 7 heteroatoms. The number of amides is 1. The Hall–Kier alpha value is -3.78. The minimum Gasteiger partial charge on any atom is -0.380 e. The van der Waals surface area contributed by atoms with Crippen LogP contribution in [0.5, 0.6) is 0 Å². The molecule has 1 atom stereocenters. The van der Waals surface area contributed by atoms with Gasteiger partial charge in [0.1, 0.15) is 17.8 Å². The number of hydrogen-bond acceptors (Lipinski definition) is 5. The number of carbonyl (C=O) groups excluding carboxylic acids is 2. The Balaban J connectivity index is 1.12. The van der Waals surface area contributed by atoms with E-state index in [-0.39, 0.29) is 24.4 Å². The summed E-state index contributed by atoms with van der Waals surface area (Å²) in [7, 11) is 0. The number of nitrogens with one attached hydrogen (secondary N) is 1. The lowest BCUT2D eigenvalue weighted by atomic mass is 9.91. The smallest absolute Gasteiger partial charge is 0.271 e. The van der Waals surface area contributed by atoms with Crippen LogP contribution in [0.1, 0.15) is 56.3 Å². The van der Waals surface area contributed by atoms with Crippen LogP contribution >= 0.6 is 0 Å². The van der Waals surface area contributed by atoms with E-state index in [0.717, 1.165) is 27.6 Å². The average Bonchev–Trinajstić information content (AvgIpc) is 3.73. The van der Waals surface area contributed by atoms with E-state index in [1.54, 1.807) is 9.47 Å². The number of fused-ring (bicyclic) bond motifs is 3. The highest BCUT2D eigenvalue weighted by Crippen LogP contribution is 2.41. The fourth-order valence-corrected chi connectivity index (χ4v) is 6.01. The van der Waals surface area contributed by atoms with Crippen LogP contribution in [0, 0.1) is 0 Å². The van der Waals surface area contributed by atoms with Crippen LogP contribution in [0.2, 0.25) is 0 Å². The third-order valence-electron chi connectivity index (χ3n) is 8.46. The van der Waals surface area contributed by atoms with E-state index in [2.05, 4.69) is 29.6 Å². The van der Waals surface area contributed by atoms with E-state index < -0.39 is 5.60 Å². The van der Waals surface area contributed by atoms with Gasteiger partial charge in [-0.05, 0) is 65.6 Å². The van der Waals surface area contributed by atoms with Crippen molar-refractivity contribution in [3.63, 3.8) is 0 Å². The summed E-state index contributed by atoms with van der Waals surface area (Å²) in [6.45, 7) is 1.65. The number of carbonyl (C=O) groups is 2. The third-order valence-corrected chi connectivity index (χ3v) is 8.46. The first kappa shape index (κ1) is 25.2. The van der Waals surface area contributed by atoms with Crippen molar-refractivity contribution in [2.45, 2.75) is 43.4 Å². The minimum absolute atomic E-state index is 0.0511. The number of nitrogens with zero attached hydrogens (tertiary/aromatic N) is 2. The quantitative estimate of drug-likeness (QED) is 0.335. The van der Waals surface area contributed by atoms with Gasteiger partial charge in [0.25, 0.3) is 11.8 Å². The highest BCUT2D eigenvalue weighted by Gasteiger charge is 2.38. The third kappa shape index (κ3) is 4.74. The summed E-state index contributed by atoms with van der Waals surface area (Å²) in [6.07, 6.45) is 3.13. The molecule has 2 N–H and O–H groups in total. The lowest BCUT2D eigenvalue weighted by Gasteiger charge is -2.37. The van der Waals surface area contributed by atoms with E-state index in [4.69, 9.17) is 4.74 Å². The number of aromatic nitrogens is 1. The zero-order valence-electron chi connectivity index (χ0n) is 22.4. The zero-order chi connectivity index (χ0) is 27.3. The largest absolute Gasteiger partial charge is 0.380 e. The molecule has 1 aliphatic carbocycles. The number of hydrogen-bond donors (Lipinski definition) is 2. The lowest BCUT2D eigenvalue weighted by molar-refractivity contribution is -0.184. The van der Waals surface area contributed by atoms with E-state index in [1.807, 2.05) is 54.6 Å². The fourth-order valence-electron chi connectivity index (χ4n) is 6.01. The molecule has 0 spiro atoms. The lowest BCUT2D eigenvalue weighted by Crippen LogP contribution is -2.50. The Morgan fingerprint density at radius 1 is 0.950 bits per heavy atom. The summed E-state index contributed by atoms with van der Waals surface area (Å²) in [4.78, 5) is 28.7. The van der Waals surface area contributed by atoms with Gasteiger partial charge in [-0.3, -0.25) is 14.2 Å². The normalized spacial score (nSPS) is 19.0. The van der Waals surface area contributed by atoms with Crippen LogP contribution in [0.25, 0.3) is 10.9 Å². The second-order valence-electron chi connectivity index (χ2n) is 11.5. The van der Waals surface area contributed by atoms with Gasteiger partial charge < -0.3 is 20.1 Å². The van der Waals surface area contributed by atoms with E-state index in [9.17, 15) is 14.7 Å². The van der Waals surface area contributed by atoms with Gasteiger partial charge in [-0.2, -0.15) is 0 Å². The van der Waals surface area contributed by atoms with Gasteiger partial charge in [0.15, 0.2) is 0 Å². The Kier molecular flexibility index (Phi) is 6.30. The van der Waals surface area contributed by atoms with Crippen molar-refractivity contribution in [2.75, 3.05) is 26.3 Å². The predicted octanol–water partition coefficient (Wildman–Crippen LogP) is 4.23. The average molecular weight is 536 g/mol. The number of rotatable bonds is 9. The van der Waals surface area contributed by atoms with E-state index >= 15 is 0 Å². The molecule has 40 heavy (non-hydrogen) atoms. The Bertz CT molecular complexity index is 1590. The molecule has 0 unspecified atom stereocenters. The highest BCUT2D eigenvalue weighted by molar-refractivity contribution is 6.09. The first-order valence-electron chi connectivity index (χ1n) is 14.1. The maximum atomic E-state index is 13.7. The topological polar surface area (TPSA) is 83.8 Å². The van der Waals surface area contributed by atoms with Crippen molar-refractivity contribution in [3.05, 3.63) is 107 Å². The standard InChI is InChI=1S/C33H33N3O4/c37-31-19-35(32(38)30-16-26-15-25(24-9-10-24)11-12-29(26)36(30)31)18-28(14-22-5-2-1-3-6-22)34-17-23-7-4-8-27(13-23)33(39)20-40-21-33/h1-8,11-13,15-16,24,28,34,39H,9-10,14,17-21H2/t28-/m0/s1. The molecule has 1 saturated carbocycles. The summed E-state index contributed by atoms with van der Waals surface area (Å²) in [5.74, 6) is 0.420. The molecule has 7 rings (SSSR count). The predicted molar refractivity (Wildman–Crippen MR) is 152 cm³/mol. The monoisotopic (exact) mass is 535 g/mol. The van der Waals surface area contributed by atoms with Crippen molar-refractivity contribution in [1.29, 1.82) is 0 Å². The van der Waals surface area contributed by atoms with Crippen LogP contribution in [0.15, 0.2) is 78.9 Å². The van der Waals surface area contributed by atoms with Crippen LogP contribution in [0.3, 0.4) is 0 Å². The summed E-state index contributed by atoms with van der Waals surface area (Å²) >= 11 is 0. The molecule has 2 aliphatic heterocycles. The molecular formula is C33H33N3O4. The van der Waals surface area contributed by atoms with Crippen LogP contribution in [-0.2, 0) is 23.3 Å². The number of aliphatic hydroxyl groups is 1. The Morgan fingerprint density at radius 2 is 1.75 bits per heavy atom. The molecule has 1 aromatic heterocycles. The van der Waals surface area contributed by atoms with Crippen molar-refractivity contribution in [1.82, 2.24) is 14.8 Å². The van der Waals surface area contributed by atoms with Gasteiger partial charge in [0.2, 0.25) is 0 Å². The van der Waals surface area contributed by atoms with Crippen molar-refractivity contribution in [2.24, 2.45) is 0 Å². The van der Waals surface area contributed by atoms with Crippen LogP contribution in [0.4, 0.5) is 0 Å². The summed E-state index contributed by atoms with van der Waals surface area (Å²) in [5.41, 5.74) is 4.69. The molecule has 3 aromatic carbocycles. The molecule has 4 aromatic rings. The summed E-state index contributed by atoms with van der Waals surface area (Å²) in [5, 5.41) is 15.3. The SMILES string of the molecule is O=C1c2cc3cc(C4CC4)ccc3n2C(=O)CN1C[C@H](Cc1ccccc1)NCc1cccc(C2(O)COC2)c1. The molecule has 1 saturated heterocycles. The number of benzene rings is 3. The molecule has 0 radical (unpaired) electrons. The van der Waals surface area contributed by atoms with Gasteiger partial charge in [-0.1, -0.05) is 60.7 Å². The van der Waals surface area contributed by atoms with Crippen LogP contribution < -0.4 is 5.32 Å². The zero-order valence-corrected chi connectivity index (χ0v) is 22.4. The van der Waals surface area contributed by atoms with Crippen molar-refractivity contribution >= 4 is 22.7 Å². The van der Waals surface area contributed by atoms with Crippen molar-refractivity contribution < 1.29 is 19.4 Å². The molecule has 0 bridgehead atoms. The van der Waals surface area contributed by atoms with Gasteiger partial charge in [0, 0.05) is 24.5 Å². The molecule has 2 fully saturated rings. The van der Waals surface area contributed by atoms with Gasteiger partial charge >= 0.3 is 0 Å². The Morgan fingerprint density at radius 3 is 2.50 bits per heavy atom. The minimum atomic E-state index is -0.919. The fraction of sp³-hybridized carbons (Fsp3) is 0.333. The van der Waals surface area contributed by atoms with Crippen molar-refractivity contribution in [3.8, 4) is 0 Å². The molecule has 204 valence electrons. The van der Waals surface area contributed by atoms with Gasteiger partial charge in [-0.15, -0.1) is 0 Å². The van der Waals surface area contributed by atoms with Gasteiger partial charge in [0.05, 0.1) is 18.7 Å².